The van der Waals surface area contributed by atoms with Gasteiger partial charge in [-0.1, -0.05) is 36.4 Å². The molecule has 0 unspecified atom stereocenters. The van der Waals surface area contributed by atoms with Gasteiger partial charge in [0.05, 0.1) is 13.0 Å². The van der Waals surface area contributed by atoms with Crippen molar-refractivity contribution in [3.63, 3.8) is 0 Å². The van der Waals surface area contributed by atoms with Crippen LogP contribution >= 0.6 is 0 Å². The number of β-lactam (4-membered cyclic amide) rings is 1. The van der Waals surface area contributed by atoms with E-state index in [4.69, 9.17) is 4.74 Å². The van der Waals surface area contributed by atoms with E-state index in [0.717, 1.165) is 0 Å². The Labute approximate surface area is 135 Å². The van der Waals surface area contributed by atoms with Gasteiger partial charge in [-0.05, 0) is 24.3 Å². The number of hydrogen-bond donors (Lipinski definition) is 0. The van der Waals surface area contributed by atoms with E-state index in [1.54, 1.807) is 49.6 Å². The van der Waals surface area contributed by atoms with Gasteiger partial charge in [0.15, 0.2) is 5.78 Å². The molecule has 0 bridgehead atoms. The fourth-order valence-corrected chi connectivity index (χ4v) is 2.83. The van der Waals surface area contributed by atoms with Crippen molar-refractivity contribution < 1.29 is 14.3 Å². The molecule has 0 N–H and O–H groups in total. The van der Waals surface area contributed by atoms with Gasteiger partial charge in [0.2, 0.25) is 5.91 Å². The molecule has 0 saturated carbocycles. The SMILES string of the molecule is C=C[C@@H]1C(=O)N(c2ccc(OC)cc2)[C@@H]1C(=O)c1ccccc1. The van der Waals surface area contributed by atoms with Gasteiger partial charge in [0.1, 0.15) is 11.8 Å². The van der Waals surface area contributed by atoms with Gasteiger partial charge >= 0.3 is 0 Å². The summed E-state index contributed by atoms with van der Waals surface area (Å²) in [4.78, 5) is 26.7. The van der Waals surface area contributed by atoms with Crippen LogP contribution in [0.15, 0.2) is 67.3 Å². The topological polar surface area (TPSA) is 46.6 Å². The number of ketones is 1. The van der Waals surface area contributed by atoms with E-state index in [-0.39, 0.29) is 11.7 Å². The lowest BCUT2D eigenvalue weighted by Gasteiger charge is -2.45. The van der Waals surface area contributed by atoms with Gasteiger partial charge < -0.3 is 4.74 Å². The van der Waals surface area contributed by atoms with E-state index in [1.165, 1.54) is 4.90 Å². The first-order valence-corrected chi connectivity index (χ1v) is 7.36. The van der Waals surface area contributed by atoms with Crippen LogP contribution < -0.4 is 9.64 Å². The van der Waals surface area contributed by atoms with Crippen LogP contribution in [0.1, 0.15) is 10.4 Å². The van der Waals surface area contributed by atoms with E-state index < -0.39 is 12.0 Å². The monoisotopic (exact) mass is 307 g/mol. The van der Waals surface area contributed by atoms with Gasteiger partial charge in [0, 0.05) is 11.3 Å². The van der Waals surface area contributed by atoms with Gasteiger partial charge in [-0.25, -0.2) is 0 Å². The fourth-order valence-electron chi connectivity index (χ4n) is 2.83. The Balaban J connectivity index is 1.93. The second-order valence-electron chi connectivity index (χ2n) is 5.34. The smallest absolute Gasteiger partial charge is 0.237 e. The summed E-state index contributed by atoms with van der Waals surface area (Å²) in [5.41, 5.74) is 1.28. The van der Waals surface area contributed by atoms with Crippen LogP contribution in [-0.2, 0) is 4.79 Å². The lowest BCUT2D eigenvalue weighted by atomic mass is 9.81. The minimum absolute atomic E-state index is 0.0779. The van der Waals surface area contributed by atoms with Crippen molar-refractivity contribution in [2.24, 2.45) is 5.92 Å². The molecule has 23 heavy (non-hydrogen) atoms. The summed E-state index contributed by atoms with van der Waals surface area (Å²) in [7, 11) is 1.58. The van der Waals surface area contributed by atoms with Crippen molar-refractivity contribution in [3.8, 4) is 5.75 Å². The minimum Gasteiger partial charge on any atom is -0.497 e. The van der Waals surface area contributed by atoms with Crippen LogP contribution in [0.25, 0.3) is 0 Å². The number of benzene rings is 2. The Morgan fingerprint density at radius 1 is 1.13 bits per heavy atom. The molecule has 1 fully saturated rings. The summed E-state index contributed by atoms with van der Waals surface area (Å²) >= 11 is 0. The molecule has 0 spiro atoms. The highest BCUT2D eigenvalue weighted by Gasteiger charge is 2.50. The number of amides is 1. The fraction of sp³-hybridized carbons (Fsp3) is 0.158. The summed E-state index contributed by atoms with van der Waals surface area (Å²) in [6, 6.07) is 15.6. The normalized spacial score (nSPS) is 19.9. The zero-order valence-electron chi connectivity index (χ0n) is 12.8. The van der Waals surface area contributed by atoms with Crippen LogP contribution in [0.4, 0.5) is 5.69 Å². The molecule has 1 heterocycles. The van der Waals surface area contributed by atoms with Crippen LogP contribution in [0.3, 0.4) is 0 Å². The Kier molecular flexibility index (Phi) is 3.98. The number of anilines is 1. The van der Waals surface area contributed by atoms with E-state index >= 15 is 0 Å². The Bertz CT molecular complexity index is 737. The van der Waals surface area contributed by atoms with Gasteiger partial charge in [-0.2, -0.15) is 0 Å². The van der Waals surface area contributed by atoms with Crippen molar-refractivity contribution in [1.29, 1.82) is 0 Å². The van der Waals surface area contributed by atoms with Crippen LogP contribution in [0.5, 0.6) is 5.75 Å². The molecule has 0 radical (unpaired) electrons. The largest absolute Gasteiger partial charge is 0.497 e. The molecule has 2 aromatic rings. The summed E-state index contributed by atoms with van der Waals surface area (Å²) < 4.78 is 5.13. The molecule has 4 heteroatoms. The summed E-state index contributed by atoms with van der Waals surface area (Å²) in [6.07, 6.45) is 1.55. The van der Waals surface area contributed by atoms with Crippen molar-refractivity contribution >= 4 is 17.4 Å². The number of hydrogen-bond acceptors (Lipinski definition) is 3. The molecule has 1 amide bonds. The molecule has 1 saturated heterocycles. The lowest BCUT2D eigenvalue weighted by Crippen LogP contribution is -2.64. The first kappa shape index (κ1) is 15.0. The predicted octanol–water partition coefficient (Wildman–Crippen LogP) is 3.10. The number of nitrogens with zero attached hydrogens (tertiary/aromatic N) is 1. The molecule has 2 atom stereocenters. The molecular weight excluding hydrogens is 290 g/mol. The zero-order chi connectivity index (χ0) is 16.4. The Morgan fingerprint density at radius 3 is 2.35 bits per heavy atom. The molecular formula is C19H17NO3. The van der Waals surface area contributed by atoms with E-state index in [0.29, 0.717) is 17.0 Å². The first-order valence-electron chi connectivity index (χ1n) is 7.36. The van der Waals surface area contributed by atoms with Crippen molar-refractivity contribution in [2.45, 2.75) is 6.04 Å². The van der Waals surface area contributed by atoms with Crippen molar-refractivity contribution in [3.05, 3.63) is 72.8 Å². The molecule has 1 aliphatic rings. The van der Waals surface area contributed by atoms with Gasteiger partial charge in [-0.15, -0.1) is 6.58 Å². The second-order valence-corrected chi connectivity index (χ2v) is 5.34. The number of carbonyl (C=O) groups is 2. The molecule has 3 rings (SSSR count). The Hall–Kier alpha value is -2.88. The number of rotatable bonds is 5. The molecule has 0 aliphatic carbocycles. The first-order chi connectivity index (χ1) is 11.2. The maximum atomic E-state index is 12.8. The van der Waals surface area contributed by atoms with Crippen molar-refractivity contribution in [1.82, 2.24) is 0 Å². The van der Waals surface area contributed by atoms with Crippen LogP contribution in [0.2, 0.25) is 0 Å². The van der Waals surface area contributed by atoms with E-state index in [1.807, 2.05) is 18.2 Å². The standard InChI is InChI=1S/C19H17NO3/c1-3-16-17(18(21)13-7-5-4-6-8-13)20(19(16)22)14-9-11-15(23-2)12-10-14/h3-12,16-17H,1H2,2H3/t16-,17-/m0/s1. The summed E-state index contributed by atoms with van der Waals surface area (Å²) in [5.74, 6) is 0.0307. The number of ether oxygens (including phenoxy) is 1. The summed E-state index contributed by atoms with van der Waals surface area (Å²) in [6.45, 7) is 3.70. The maximum Gasteiger partial charge on any atom is 0.237 e. The quantitative estimate of drug-likeness (QED) is 0.484. The molecule has 0 aromatic heterocycles. The number of methoxy groups -OCH3 is 1. The summed E-state index contributed by atoms with van der Waals surface area (Å²) in [5, 5.41) is 0. The average Bonchev–Trinajstić information content (AvgIpc) is 2.61. The van der Waals surface area contributed by atoms with E-state index in [9.17, 15) is 9.59 Å². The highest BCUT2D eigenvalue weighted by molar-refractivity contribution is 6.17. The van der Waals surface area contributed by atoms with Crippen LogP contribution in [-0.4, -0.2) is 24.8 Å². The van der Waals surface area contributed by atoms with E-state index in [2.05, 4.69) is 6.58 Å². The molecule has 116 valence electrons. The third kappa shape index (κ3) is 2.52. The highest BCUT2D eigenvalue weighted by atomic mass is 16.5. The molecule has 2 aromatic carbocycles. The minimum atomic E-state index is -0.546. The third-order valence-corrected chi connectivity index (χ3v) is 4.07. The second kappa shape index (κ2) is 6.08. The number of carbonyl (C=O) groups excluding carboxylic acids is 2. The van der Waals surface area contributed by atoms with Gasteiger partial charge in [0.25, 0.3) is 0 Å². The van der Waals surface area contributed by atoms with Crippen molar-refractivity contribution in [2.75, 3.05) is 12.0 Å². The molecule has 1 aliphatic heterocycles. The number of Topliss-reactive ketones (excluding diaryl/α,β-unsaturated/α-hetero) is 1. The zero-order valence-corrected chi connectivity index (χ0v) is 12.8. The predicted molar refractivity (Wildman–Crippen MR) is 88.7 cm³/mol. The average molecular weight is 307 g/mol. The lowest BCUT2D eigenvalue weighted by molar-refractivity contribution is -0.127. The Morgan fingerprint density at radius 2 is 1.78 bits per heavy atom. The molecule has 4 nitrogen and oxygen atoms in total. The maximum absolute atomic E-state index is 12.8. The van der Waals surface area contributed by atoms with Crippen LogP contribution in [0, 0.1) is 5.92 Å². The van der Waals surface area contributed by atoms with Gasteiger partial charge in [-0.3, -0.25) is 14.5 Å². The highest BCUT2D eigenvalue weighted by Crippen LogP contribution is 2.36. The third-order valence-electron chi connectivity index (χ3n) is 4.07.